The zero-order valence-corrected chi connectivity index (χ0v) is 8.31. The van der Waals surface area contributed by atoms with Crippen molar-refractivity contribution in [1.29, 1.82) is 0 Å². The zero-order valence-electron chi connectivity index (χ0n) is 6.72. The van der Waals surface area contributed by atoms with Gasteiger partial charge in [0.1, 0.15) is 12.8 Å². The largest absolute Gasteiger partial charge is 0.386 e. The summed E-state index contributed by atoms with van der Waals surface area (Å²) in [6.07, 6.45) is -1.01. The second kappa shape index (κ2) is 4.01. The Morgan fingerprint density at radius 1 is 1.58 bits per heavy atom. The predicted octanol–water partition coefficient (Wildman–Crippen LogP) is 2.76. The third-order valence-electron chi connectivity index (χ3n) is 1.66. The molecule has 1 atom stereocenters. The van der Waals surface area contributed by atoms with Gasteiger partial charge in [0.2, 0.25) is 0 Å². The molecule has 0 spiro atoms. The number of hydrogen-bond acceptors (Lipinski definition) is 1. The van der Waals surface area contributed by atoms with E-state index in [2.05, 4.69) is 15.9 Å². The van der Waals surface area contributed by atoms with E-state index in [0.717, 1.165) is 10.0 Å². The summed E-state index contributed by atoms with van der Waals surface area (Å²) in [7, 11) is 0. The lowest BCUT2D eigenvalue weighted by molar-refractivity contribution is 0.141. The van der Waals surface area contributed by atoms with Crippen LogP contribution in [0.4, 0.5) is 4.39 Å². The lowest BCUT2D eigenvalue weighted by Gasteiger charge is -2.08. The minimum absolute atomic E-state index is 0.600. The number of alkyl halides is 1. The Morgan fingerprint density at radius 3 is 2.75 bits per heavy atom. The van der Waals surface area contributed by atoms with Crippen molar-refractivity contribution in [3.05, 3.63) is 33.8 Å². The van der Waals surface area contributed by atoms with E-state index in [0.29, 0.717) is 5.56 Å². The fraction of sp³-hybridized carbons (Fsp3) is 0.333. The Labute approximate surface area is 79.4 Å². The Balaban J connectivity index is 3.01. The maximum absolute atomic E-state index is 12.1. The number of benzene rings is 1. The summed E-state index contributed by atoms with van der Waals surface area (Å²) in [6.45, 7) is 1.19. The molecule has 66 valence electrons. The average molecular weight is 233 g/mol. The molecule has 0 unspecified atom stereocenters. The molecule has 0 saturated heterocycles. The van der Waals surface area contributed by atoms with Gasteiger partial charge in [-0.05, 0) is 24.1 Å². The fourth-order valence-electron chi connectivity index (χ4n) is 0.986. The molecule has 0 aliphatic rings. The van der Waals surface area contributed by atoms with Crippen molar-refractivity contribution in [2.45, 2.75) is 13.0 Å². The van der Waals surface area contributed by atoms with E-state index in [1.54, 1.807) is 6.07 Å². The SMILES string of the molecule is Cc1ccc([C@H](O)CF)c(Br)c1. The van der Waals surface area contributed by atoms with Gasteiger partial charge in [0.25, 0.3) is 0 Å². The monoisotopic (exact) mass is 232 g/mol. The minimum atomic E-state index is -1.01. The molecular formula is C9H10BrFO. The van der Waals surface area contributed by atoms with E-state index in [1.807, 2.05) is 19.1 Å². The topological polar surface area (TPSA) is 20.2 Å². The highest BCUT2D eigenvalue weighted by molar-refractivity contribution is 9.10. The molecule has 0 radical (unpaired) electrons. The van der Waals surface area contributed by atoms with Crippen LogP contribution >= 0.6 is 15.9 Å². The summed E-state index contributed by atoms with van der Waals surface area (Å²) < 4.78 is 12.8. The van der Waals surface area contributed by atoms with Crippen LogP contribution in [0.5, 0.6) is 0 Å². The van der Waals surface area contributed by atoms with Gasteiger partial charge in [0.05, 0.1) is 0 Å². The summed E-state index contributed by atoms with van der Waals surface area (Å²) in [6, 6.07) is 5.43. The van der Waals surface area contributed by atoms with E-state index >= 15 is 0 Å². The molecule has 1 aromatic rings. The van der Waals surface area contributed by atoms with Gasteiger partial charge in [0.15, 0.2) is 0 Å². The van der Waals surface area contributed by atoms with E-state index < -0.39 is 12.8 Å². The summed E-state index contributed by atoms with van der Waals surface area (Å²) >= 11 is 3.26. The first kappa shape index (κ1) is 9.68. The highest BCUT2D eigenvalue weighted by Crippen LogP contribution is 2.24. The molecule has 1 aromatic carbocycles. The van der Waals surface area contributed by atoms with Crippen molar-refractivity contribution >= 4 is 15.9 Å². The molecule has 0 fully saturated rings. The van der Waals surface area contributed by atoms with Crippen LogP contribution in [-0.2, 0) is 0 Å². The fourth-order valence-corrected chi connectivity index (χ4v) is 1.74. The van der Waals surface area contributed by atoms with Crippen molar-refractivity contribution in [1.82, 2.24) is 0 Å². The zero-order chi connectivity index (χ0) is 9.14. The lowest BCUT2D eigenvalue weighted by Crippen LogP contribution is -2.00. The number of aliphatic hydroxyl groups excluding tert-OH is 1. The number of rotatable bonds is 2. The number of halogens is 2. The molecular weight excluding hydrogens is 223 g/mol. The van der Waals surface area contributed by atoms with Crippen molar-refractivity contribution in [2.24, 2.45) is 0 Å². The molecule has 0 heterocycles. The van der Waals surface area contributed by atoms with Crippen LogP contribution in [0.3, 0.4) is 0 Å². The molecule has 12 heavy (non-hydrogen) atoms. The normalized spacial score (nSPS) is 13.0. The molecule has 0 saturated carbocycles. The quantitative estimate of drug-likeness (QED) is 0.832. The van der Waals surface area contributed by atoms with Crippen LogP contribution in [0.1, 0.15) is 17.2 Å². The lowest BCUT2D eigenvalue weighted by atomic mass is 10.1. The summed E-state index contributed by atoms with van der Waals surface area (Å²) in [4.78, 5) is 0. The van der Waals surface area contributed by atoms with Crippen LogP contribution in [0.15, 0.2) is 22.7 Å². The van der Waals surface area contributed by atoms with E-state index in [4.69, 9.17) is 0 Å². The first-order chi connectivity index (χ1) is 5.65. The molecule has 0 amide bonds. The van der Waals surface area contributed by atoms with Gasteiger partial charge in [-0.2, -0.15) is 0 Å². The first-order valence-electron chi connectivity index (χ1n) is 3.65. The Kier molecular flexibility index (Phi) is 3.23. The second-order valence-electron chi connectivity index (χ2n) is 2.70. The van der Waals surface area contributed by atoms with Crippen molar-refractivity contribution < 1.29 is 9.50 Å². The highest BCUT2D eigenvalue weighted by atomic mass is 79.9. The molecule has 0 bridgehead atoms. The highest BCUT2D eigenvalue weighted by Gasteiger charge is 2.09. The van der Waals surface area contributed by atoms with Gasteiger partial charge in [-0.25, -0.2) is 4.39 Å². The van der Waals surface area contributed by atoms with Gasteiger partial charge in [-0.15, -0.1) is 0 Å². The van der Waals surface area contributed by atoms with Crippen LogP contribution in [0.25, 0.3) is 0 Å². The van der Waals surface area contributed by atoms with Crippen LogP contribution in [0, 0.1) is 6.92 Å². The average Bonchev–Trinajstić information content (AvgIpc) is 2.03. The second-order valence-corrected chi connectivity index (χ2v) is 3.55. The van der Waals surface area contributed by atoms with Crippen molar-refractivity contribution in [2.75, 3.05) is 6.67 Å². The summed E-state index contributed by atoms with van der Waals surface area (Å²) in [5, 5.41) is 9.20. The Hall–Kier alpha value is -0.410. The van der Waals surface area contributed by atoms with Crippen molar-refractivity contribution in [3.8, 4) is 0 Å². The maximum Gasteiger partial charge on any atom is 0.120 e. The molecule has 3 heteroatoms. The first-order valence-corrected chi connectivity index (χ1v) is 4.44. The summed E-state index contributed by atoms with van der Waals surface area (Å²) in [5.41, 5.74) is 1.68. The predicted molar refractivity (Wildman–Crippen MR) is 49.8 cm³/mol. The molecule has 0 aromatic heterocycles. The summed E-state index contributed by atoms with van der Waals surface area (Å²) in [5.74, 6) is 0. The standard InChI is InChI=1S/C9H10BrFO/c1-6-2-3-7(8(10)4-6)9(12)5-11/h2-4,9,12H,5H2,1H3/t9-/m1/s1. The minimum Gasteiger partial charge on any atom is -0.386 e. The van der Waals surface area contributed by atoms with Crippen molar-refractivity contribution in [3.63, 3.8) is 0 Å². The third kappa shape index (κ3) is 2.05. The van der Waals surface area contributed by atoms with Crippen LogP contribution in [0.2, 0.25) is 0 Å². The van der Waals surface area contributed by atoms with Gasteiger partial charge >= 0.3 is 0 Å². The Morgan fingerprint density at radius 2 is 2.25 bits per heavy atom. The molecule has 1 nitrogen and oxygen atoms in total. The van der Waals surface area contributed by atoms with Gasteiger partial charge in [0, 0.05) is 4.47 Å². The van der Waals surface area contributed by atoms with Gasteiger partial charge in [-0.3, -0.25) is 0 Å². The molecule has 1 rings (SSSR count). The van der Waals surface area contributed by atoms with E-state index in [9.17, 15) is 9.50 Å². The van der Waals surface area contributed by atoms with Gasteiger partial charge in [-0.1, -0.05) is 28.1 Å². The number of hydrogen-bond donors (Lipinski definition) is 1. The van der Waals surface area contributed by atoms with E-state index in [-0.39, 0.29) is 0 Å². The maximum atomic E-state index is 12.1. The van der Waals surface area contributed by atoms with Gasteiger partial charge < -0.3 is 5.11 Å². The Bertz CT molecular complexity index is 275. The third-order valence-corrected chi connectivity index (χ3v) is 2.35. The molecule has 1 N–H and O–H groups in total. The number of aliphatic hydroxyl groups is 1. The van der Waals surface area contributed by atoms with Crippen LogP contribution in [-0.4, -0.2) is 11.8 Å². The molecule has 0 aliphatic carbocycles. The number of aryl methyl sites for hydroxylation is 1. The molecule has 0 aliphatic heterocycles. The van der Waals surface area contributed by atoms with Crippen LogP contribution < -0.4 is 0 Å². The smallest absolute Gasteiger partial charge is 0.120 e. The van der Waals surface area contributed by atoms with E-state index in [1.165, 1.54) is 0 Å².